The summed E-state index contributed by atoms with van der Waals surface area (Å²) in [6.45, 7) is 31.4. The molecule has 6 nitrogen and oxygen atoms in total. The van der Waals surface area contributed by atoms with E-state index in [0.717, 1.165) is 44.9 Å². The summed E-state index contributed by atoms with van der Waals surface area (Å²) in [6.07, 6.45) is 0. The summed E-state index contributed by atoms with van der Waals surface area (Å²) in [4.78, 5) is 15.0. The van der Waals surface area contributed by atoms with E-state index in [-0.39, 0.29) is 0 Å². The second-order valence-corrected chi connectivity index (χ2v) is 22.2. The summed E-state index contributed by atoms with van der Waals surface area (Å²) >= 11 is 0. The average Bonchev–Trinajstić information content (AvgIpc) is 4.25. The van der Waals surface area contributed by atoms with Crippen LogP contribution in [-0.4, -0.2) is 28.7 Å². The van der Waals surface area contributed by atoms with Crippen LogP contribution in [0.5, 0.6) is 0 Å². The summed E-state index contributed by atoms with van der Waals surface area (Å²) in [6, 6.07) is 50.5. The lowest BCUT2D eigenvalue weighted by atomic mass is 9.90. The standard InChI is InChI=1S/C71H64N6/c1-37-23-27-62-54(31-37)55-32-38(2)24-28-63(55)75(62)60-21-17-15-19-52(60)58-35-51(71-73-49(13)72-50(14)74-71)36-59(53-20-16-18-22-61(53)76-64-29-25-39(3)33-56(64)57-34-40(4)26-30-65(57)76)70(58)77-68-47(11)43(7)41(5)45(9)66(68)67-46(10)42(6)44(8)48(12)69(67)77/h15-36H,1-14H3. The van der Waals surface area contributed by atoms with Crippen LogP contribution in [0.4, 0.5) is 0 Å². The molecule has 0 spiro atoms. The number of hydrogen-bond donors (Lipinski definition) is 0. The van der Waals surface area contributed by atoms with Gasteiger partial charge in [-0.3, -0.25) is 0 Å². The molecule has 6 heteroatoms. The second-order valence-electron chi connectivity index (χ2n) is 22.2. The Balaban J connectivity index is 1.29. The van der Waals surface area contributed by atoms with Crippen LogP contribution in [0.2, 0.25) is 0 Å². The molecule has 0 amide bonds. The van der Waals surface area contributed by atoms with Gasteiger partial charge in [-0.2, -0.15) is 0 Å². The van der Waals surface area contributed by atoms with Crippen molar-refractivity contribution in [1.82, 2.24) is 28.7 Å². The van der Waals surface area contributed by atoms with Crippen molar-refractivity contribution in [1.29, 1.82) is 0 Å². The van der Waals surface area contributed by atoms with Crippen molar-refractivity contribution in [2.45, 2.75) is 96.9 Å². The fourth-order valence-corrected chi connectivity index (χ4v) is 13.1. The van der Waals surface area contributed by atoms with Gasteiger partial charge in [0.25, 0.3) is 0 Å². The van der Waals surface area contributed by atoms with Crippen LogP contribution in [-0.2, 0) is 0 Å². The highest BCUT2D eigenvalue weighted by molar-refractivity contribution is 6.18. The second kappa shape index (κ2) is 17.5. The van der Waals surface area contributed by atoms with Crippen LogP contribution in [0.15, 0.2) is 133 Å². The highest BCUT2D eigenvalue weighted by Gasteiger charge is 2.30. The molecule has 0 saturated heterocycles. The SMILES string of the molecule is Cc1ccc2c(c1)c1cc(C)ccc1n2-c1ccccc1-c1cc(-c2nc(C)nc(C)n2)cc(-c2ccccc2-n2c3ccc(C)cc3c3cc(C)ccc32)c1-n1c2c(C)c(C)c(C)c(C)c2c2c(C)c(C)c(C)c(C)c21. The minimum absolute atomic E-state index is 0.642. The predicted molar refractivity (Wildman–Crippen MR) is 325 cm³/mol. The molecular formula is C71H64N6. The maximum absolute atomic E-state index is 5.16. The third-order valence-electron chi connectivity index (χ3n) is 17.5. The van der Waals surface area contributed by atoms with Gasteiger partial charge in [-0.15, -0.1) is 0 Å². The predicted octanol–water partition coefficient (Wildman–Crippen LogP) is 18.5. The van der Waals surface area contributed by atoms with Gasteiger partial charge in [-0.05, 0) is 214 Å². The van der Waals surface area contributed by atoms with Gasteiger partial charge in [0.1, 0.15) is 11.6 Å². The lowest BCUT2D eigenvalue weighted by molar-refractivity contribution is 0.928. The first kappa shape index (κ1) is 48.1. The van der Waals surface area contributed by atoms with Gasteiger partial charge in [-0.1, -0.05) is 82.9 Å². The molecule has 378 valence electrons. The summed E-state index contributed by atoms with van der Waals surface area (Å²) in [7, 11) is 0. The molecule has 0 aliphatic heterocycles. The molecule has 13 rings (SSSR count). The summed E-state index contributed by atoms with van der Waals surface area (Å²) in [5, 5.41) is 7.60. The molecule has 4 aromatic heterocycles. The third kappa shape index (κ3) is 7.10. The molecule has 4 heterocycles. The molecule has 0 fully saturated rings. The van der Waals surface area contributed by atoms with E-state index in [2.05, 4.69) is 230 Å². The van der Waals surface area contributed by atoms with Crippen molar-refractivity contribution < 1.29 is 0 Å². The first-order valence-electron chi connectivity index (χ1n) is 27.1. The number of fused-ring (bicyclic) bond motifs is 9. The van der Waals surface area contributed by atoms with E-state index in [1.807, 2.05) is 13.8 Å². The van der Waals surface area contributed by atoms with Crippen molar-refractivity contribution in [3.8, 4) is 50.7 Å². The number of nitrogens with zero attached hydrogens (tertiary/aromatic N) is 6. The number of rotatable bonds is 6. The molecule has 9 aromatic carbocycles. The maximum Gasteiger partial charge on any atom is 0.163 e. The van der Waals surface area contributed by atoms with Gasteiger partial charge in [0.15, 0.2) is 5.82 Å². The van der Waals surface area contributed by atoms with E-state index in [9.17, 15) is 0 Å². The monoisotopic (exact) mass is 1000 g/mol. The van der Waals surface area contributed by atoms with Crippen molar-refractivity contribution in [2.24, 2.45) is 0 Å². The fraction of sp³-hybridized carbons (Fsp3) is 0.197. The number of aryl methyl sites for hydroxylation is 10. The smallest absolute Gasteiger partial charge is 0.163 e. The zero-order valence-corrected chi connectivity index (χ0v) is 46.9. The van der Waals surface area contributed by atoms with Crippen molar-refractivity contribution in [2.75, 3.05) is 0 Å². The lowest BCUT2D eigenvalue weighted by Gasteiger charge is -2.25. The van der Waals surface area contributed by atoms with E-state index in [0.29, 0.717) is 17.5 Å². The van der Waals surface area contributed by atoms with Crippen LogP contribution in [0.1, 0.15) is 78.4 Å². The zero-order valence-electron chi connectivity index (χ0n) is 46.9. The fourth-order valence-electron chi connectivity index (χ4n) is 13.1. The van der Waals surface area contributed by atoms with E-state index in [1.165, 1.54) is 132 Å². The Morgan fingerprint density at radius 1 is 0.299 bits per heavy atom. The molecule has 77 heavy (non-hydrogen) atoms. The lowest BCUT2D eigenvalue weighted by Crippen LogP contribution is -2.08. The van der Waals surface area contributed by atoms with Gasteiger partial charge in [0.2, 0.25) is 0 Å². The topological polar surface area (TPSA) is 53.5 Å². The first-order chi connectivity index (χ1) is 37.0. The molecule has 0 atom stereocenters. The maximum atomic E-state index is 5.16. The Bertz CT molecular complexity index is 4320. The molecule has 13 aromatic rings. The Kier molecular flexibility index (Phi) is 10.9. The Hall–Kier alpha value is -8.61. The first-order valence-corrected chi connectivity index (χ1v) is 27.1. The van der Waals surface area contributed by atoms with Crippen molar-refractivity contribution >= 4 is 65.4 Å². The van der Waals surface area contributed by atoms with Gasteiger partial charge in [-0.25, -0.2) is 15.0 Å². The Morgan fingerprint density at radius 3 is 1.00 bits per heavy atom. The number of aromatic nitrogens is 6. The van der Waals surface area contributed by atoms with E-state index in [4.69, 9.17) is 15.0 Å². The minimum Gasteiger partial charge on any atom is -0.309 e. The van der Waals surface area contributed by atoms with Gasteiger partial charge in [0.05, 0.1) is 50.2 Å². The quantitative estimate of drug-likeness (QED) is 0.167. The molecule has 0 bridgehead atoms. The van der Waals surface area contributed by atoms with Gasteiger partial charge in [0, 0.05) is 60.1 Å². The van der Waals surface area contributed by atoms with E-state index >= 15 is 0 Å². The number of benzene rings is 9. The van der Waals surface area contributed by atoms with Gasteiger partial charge < -0.3 is 13.7 Å². The molecular weight excluding hydrogens is 937 g/mol. The van der Waals surface area contributed by atoms with Crippen molar-refractivity contribution in [3.05, 3.63) is 212 Å². The Labute approximate surface area is 451 Å². The summed E-state index contributed by atoms with van der Waals surface area (Å²) in [5.74, 6) is 2.01. The third-order valence-corrected chi connectivity index (χ3v) is 17.5. The molecule has 0 radical (unpaired) electrons. The number of para-hydroxylation sites is 2. The normalized spacial score (nSPS) is 12.0. The van der Waals surface area contributed by atoms with Crippen LogP contribution in [0.25, 0.3) is 116 Å². The van der Waals surface area contributed by atoms with Crippen LogP contribution < -0.4 is 0 Å². The average molecular weight is 1000 g/mol. The minimum atomic E-state index is 0.642. The highest BCUT2D eigenvalue weighted by atomic mass is 15.0. The van der Waals surface area contributed by atoms with Crippen molar-refractivity contribution in [3.63, 3.8) is 0 Å². The highest BCUT2D eigenvalue weighted by Crippen LogP contribution is 2.51. The summed E-state index contributed by atoms with van der Waals surface area (Å²) < 4.78 is 7.69. The van der Waals surface area contributed by atoms with Crippen LogP contribution >= 0.6 is 0 Å². The zero-order chi connectivity index (χ0) is 53.6. The van der Waals surface area contributed by atoms with Crippen LogP contribution in [0.3, 0.4) is 0 Å². The molecule has 0 N–H and O–H groups in total. The van der Waals surface area contributed by atoms with E-state index < -0.39 is 0 Å². The summed E-state index contributed by atoms with van der Waals surface area (Å²) in [5.41, 5.74) is 31.1. The largest absolute Gasteiger partial charge is 0.309 e. The Morgan fingerprint density at radius 2 is 0.636 bits per heavy atom. The molecule has 0 unspecified atom stereocenters. The van der Waals surface area contributed by atoms with Gasteiger partial charge >= 0.3 is 0 Å². The molecule has 0 aliphatic rings. The van der Waals surface area contributed by atoms with E-state index in [1.54, 1.807) is 0 Å². The van der Waals surface area contributed by atoms with Crippen LogP contribution in [0, 0.1) is 96.9 Å². The number of hydrogen-bond acceptors (Lipinski definition) is 3. The molecule has 0 aliphatic carbocycles. The molecule has 0 saturated carbocycles.